The smallest absolute Gasteiger partial charge is 0.342 e. The number of thiophene rings is 1. The molecule has 5 aromatic rings. The number of carbonyl (C=O) groups is 1. The number of ether oxygens (including phenoxy) is 2. The van der Waals surface area contributed by atoms with Crippen LogP contribution in [0, 0.1) is 0 Å². The van der Waals surface area contributed by atoms with Crippen molar-refractivity contribution in [3.05, 3.63) is 135 Å². The Bertz CT molecular complexity index is 1900. The molecule has 240 valence electrons. The van der Waals surface area contributed by atoms with Crippen LogP contribution in [0.4, 0.5) is 5.69 Å². The molecule has 6 nitrogen and oxygen atoms in total. The number of aliphatic hydroxyl groups is 1. The molecule has 0 saturated heterocycles. The standard InChI is InChI=1S/C40H40N2O4S/c1-45-30-19-15-29(16-20-30)40(36-11-6-24-47-36,37-33-10-5-3-7-27(33)14-21-34(37)41)38(43)39(44)46-31-17-12-26(13-18-31)25-35-32-9-4-2-8-28(32)22-23-42-35/h3,5-7,10-21,24,35,38,42-43H,2,4,8-9,22-23,25,41H2,1H3. The normalized spacial score (nSPS) is 18.3. The van der Waals surface area contributed by atoms with Gasteiger partial charge in [-0.05, 0) is 109 Å². The molecule has 0 spiro atoms. The Morgan fingerprint density at radius 2 is 1.70 bits per heavy atom. The van der Waals surface area contributed by atoms with Gasteiger partial charge >= 0.3 is 5.97 Å². The van der Waals surface area contributed by atoms with E-state index in [-0.39, 0.29) is 0 Å². The first kappa shape index (κ1) is 31.2. The third-order valence-corrected chi connectivity index (χ3v) is 10.9. The third kappa shape index (κ3) is 5.84. The van der Waals surface area contributed by atoms with E-state index in [9.17, 15) is 9.90 Å². The second-order valence-corrected chi connectivity index (χ2v) is 13.5. The molecule has 3 unspecified atom stereocenters. The number of carbonyl (C=O) groups excluding carboxylic acids is 1. The minimum Gasteiger partial charge on any atom is -0.497 e. The Hall–Kier alpha value is -4.43. The van der Waals surface area contributed by atoms with E-state index in [2.05, 4.69) is 5.32 Å². The van der Waals surface area contributed by atoms with Gasteiger partial charge in [-0.3, -0.25) is 0 Å². The highest BCUT2D eigenvalue weighted by Gasteiger charge is 2.50. The van der Waals surface area contributed by atoms with Crippen molar-refractivity contribution in [1.29, 1.82) is 0 Å². The van der Waals surface area contributed by atoms with E-state index in [0.717, 1.165) is 35.0 Å². The Morgan fingerprint density at radius 1 is 0.936 bits per heavy atom. The van der Waals surface area contributed by atoms with Crippen molar-refractivity contribution >= 4 is 33.8 Å². The predicted molar refractivity (Wildman–Crippen MR) is 189 cm³/mol. The van der Waals surface area contributed by atoms with Crippen LogP contribution in [0.1, 0.15) is 53.7 Å². The predicted octanol–water partition coefficient (Wildman–Crippen LogP) is 7.57. The molecular formula is C40H40N2O4S. The molecule has 2 heterocycles. The van der Waals surface area contributed by atoms with Crippen molar-refractivity contribution in [3.63, 3.8) is 0 Å². The lowest BCUT2D eigenvalue weighted by molar-refractivity contribution is -0.146. The number of hydrogen-bond acceptors (Lipinski definition) is 7. The Balaban J connectivity index is 1.25. The quantitative estimate of drug-likeness (QED) is 0.0664. The first-order chi connectivity index (χ1) is 23.0. The number of anilines is 1. The first-order valence-electron chi connectivity index (χ1n) is 16.4. The maximum Gasteiger partial charge on any atom is 0.342 e. The van der Waals surface area contributed by atoms with Gasteiger partial charge in [0.1, 0.15) is 11.5 Å². The molecule has 0 saturated carbocycles. The van der Waals surface area contributed by atoms with E-state index >= 15 is 0 Å². The maximum atomic E-state index is 14.2. The minimum atomic E-state index is -1.63. The van der Waals surface area contributed by atoms with E-state index in [1.54, 1.807) is 18.3 Å². The zero-order chi connectivity index (χ0) is 32.4. The summed E-state index contributed by atoms with van der Waals surface area (Å²) in [6, 6.07) is 31.1. The van der Waals surface area contributed by atoms with E-state index in [1.807, 2.05) is 102 Å². The SMILES string of the molecule is COc1ccc(C(c2cccs2)(c2c(N)ccc3ccccc23)C(O)C(=O)Oc2ccc(CC3NCCC4=C3CCCC4)cc2)cc1. The second kappa shape index (κ2) is 13.4. The summed E-state index contributed by atoms with van der Waals surface area (Å²) in [6.07, 6.45) is 5.41. The number of esters is 1. The highest BCUT2D eigenvalue weighted by atomic mass is 32.1. The van der Waals surface area contributed by atoms with Crippen molar-refractivity contribution in [2.75, 3.05) is 19.4 Å². The van der Waals surface area contributed by atoms with Crippen molar-refractivity contribution in [2.24, 2.45) is 0 Å². The summed E-state index contributed by atoms with van der Waals surface area (Å²) in [4.78, 5) is 14.9. The zero-order valence-electron chi connectivity index (χ0n) is 26.6. The number of nitrogen functional groups attached to an aromatic ring is 1. The van der Waals surface area contributed by atoms with Crippen molar-refractivity contribution in [1.82, 2.24) is 5.32 Å². The number of fused-ring (bicyclic) bond motifs is 1. The van der Waals surface area contributed by atoms with Gasteiger partial charge in [0.15, 0.2) is 6.10 Å². The number of nitrogens with one attached hydrogen (secondary N) is 1. The summed E-state index contributed by atoms with van der Waals surface area (Å²) in [5.74, 6) is 0.282. The van der Waals surface area contributed by atoms with Crippen molar-refractivity contribution in [2.45, 2.75) is 56.1 Å². The van der Waals surface area contributed by atoms with Crippen LogP contribution >= 0.6 is 11.3 Å². The van der Waals surface area contributed by atoms with Gasteiger partial charge in [0.25, 0.3) is 0 Å². The third-order valence-electron chi connectivity index (χ3n) is 9.89. The molecule has 4 aromatic carbocycles. The molecule has 1 aliphatic heterocycles. The van der Waals surface area contributed by atoms with Crippen LogP contribution in [-0.2, 0) is 16.6 Å². The zero-order valence-corrected chi connectivity index (χ0v) is 27.4. The van der Waals surface area contributed by atoms with Gasteiger partial charge in [-0.15, -0.1) is 11.3 Å². The van der Waals surface area contributed by atoms with Crippen LogP contribution < -0.4 is 20.5 Å². The molecule has 7 heteroatoms. The van der Waals surface area contributed by atoms with E-state index in [0.29, 0.717) is 34.4 Å². The van der Waals surface area contributed by atoms with Crippen LogP contribution in [0.2, 0.25) is 0 Å². The number of benzene rings is 4. The topological polar surface area (TPSA) is 93.8 Å². The average Bonchev–Trinajstić information content (AvgIpc) is 3.66. The molecule has 47 heavy (non-hydrogen) atoms. The summed E-state index contributed by atoms with van der Waals surface area (Å²) in [5, 5.41) is 19.9. The van der Waals surface area contributed by atoms with Crippen molar-refractivity contribution < 1.29 is 19.4 Å². The molecule has 2 aliphatic rings. The molecule has 1 aromatic heterocycles. The molecule has 4 N–H and O–H groups in total. The molecular weight excluding hydrogens is 605 g/mol. The minimum absolute atomic E-state index is 0.358. The second-order valence-electron chi connectivity index (χ2n) is 12.5. The number of nitrogens with two attached hydrogens (primary N) is 1. The molecule has 1 aliphatic carbocycles. The van der Waals surface area contributed by atoms with Gasteiger partial charge in [0, 0.05) is 22.2 Å². The lowest BCUT2D eigenvalue weighted by atomic mass is 9.67. The lowest BCUT2D eigenvalue weighted by Gasteiger charge is -2.39. The van der Waals surface area contributed by atoms with Gasteiger partial charge in [0.05, 0.1) is 12.5 Å². The fourth-order valence-corrected chi connectivity index (χ4v) is 8.59. The molecule has 7 rings (SSSR count). The van der Waals surface area contributed by atoms with Gasteiger partial charge in [-0.1, -0.05) is 71.8 Å². The van der Waals surface area contributed by atoms with Gasteiger partial charge in [-0.2, -0.15) is 0 Å². The summed E-state index contributed by atoms with van der Waals surface area (Å²) >= 11 is 1.46. The Kier molecular flexibility index (Phi) is 8.86. The largest absolute Gasteiger partial charge is 0.497 e. The average molecular weight is 645 g/mol. The number of hydrogen-bond donors (Lipinski definition) is 3. The maximum absolute atomic E-state index is 14.2. The lowest BCUT2D eigenvalue weighted by Crippen LogP contribution is -2.48. The molecule has 0 bridgehead atoms. The van der Waals surface area contributed by atoms with E-state index < -0.39 is 17.5 Å². The summed E-state index contributed by atoms with van der Waals surface area (Å²) in [7, 11) is 1.61. The molecule has 0 amide bonds. The van der Waals surface area contributed by atoms with Crippen molar-refractivity contribution in [3.8, 4) is 11.5 Å². The summed E-state index contributed by atoms with van der Waals surface area (Å²) < 4.78 is 11.4. The Labute approximate surface area is 279 Å². The van der Waals surface area contributed by atoms with E-state index in [4.69, 9.17) is 15.2 Å². The number of rotatable bonds is 9. The van der Waals surface area contributed by atoms with E-state index in [1.165, 1.54) is 42.6 Å². The van der Waals surface area contributed by atoms with Gasteiger partial charge in [0.2, 0.25) is 0 Å². The van der Waals surface area contributed by atoms with Gasteiger partial charge in [-0.25, -0.2) is 4.79 Å². The number of aliphatic hydroxyl groups excluding tert-OH is 1. The molecule has 0 radical (unpaired) electrons. The molecule has 3 atom stereocenters. The summed E-state index contributed by atoms with van der Waals surface area (Å²) in [6.45, 7) is 1.03. The van der Waals surface area contributed by atoms with Crippen LogP contribution in [0.3, 0.4) is 0 Å². The van der Waals surface area contributed by atoms with Crippen LogP contribution in [0.15, 0.2) is 114 Å². The Morgan fingerprint density at radius 3 is 2.47 bits per heavy atom. The van der Waals surface area contributed by atoms with Gasteiger partial charge < -0.3 is 25.6 Å². The summed E-state index contributed by atoms with van der Waals surface area (Å²) in [5.41, 5.74) is 11.7. The van der Waals surface area contributed by atoms with Crippen LogP contribution in [-0.4, -0.2) is 36.9 Å². The molecule has 0 fully saturated rings. The fraction of sp³-hybridized carbons (Fsp3) is 0.275. The fourth-order valence-electron chi connectivity index (χ4n) is 7.62. The van der Waals surface area contributed by atoms with Crippen LogP contribution in [0.25, 0.3) is 10.8 Å². The number of methoxy groups -OCH3 is 1. The monoisotopic (exact) mass is 644 g/mol. The highest BCUT2D eigenvalue weighted by Crippen LogP contribution is 2.49. The van der Waals surface area contributed by atoms with Crippen LogP contribution in [0.5, 0.6) is 11.5 Å². The first-order valence-corrected chi connectivity index (χ1v) is 17.3. The highest BCUT2D eigenvalue weighted by molar-refractivity contribution is 7.10.